The summed E-state index contributed by atoms with van der Waals surface area (Å²) >= 11 is 0. The molecule has 2 saturated heterocycles. The Balaban J connectivity index is 1.67. The average molecular weight is 317 g/mol. The highest BCUT2D eigenvalue weighted by Gasteiger charge is 2.26. The van der Waals surface area contributed by atoms with E-state index < -0.39 is 0 Å². The highest BCUT2D eigenvalue weighted by molar-refractivity contribution is 5.82. The Bertz CT molecular complexity index is 562. The van der Waals surface area contributed by atoms with E-state index >= 15 is 0 Å². The molecule has 2 aliphatic heterocycles. The third-order valence-electron chi connectivity index (χ3n) is 4.83. The molecule has 1 aromatic heterocycles. The van der Waals surface area contributed by atoms with Crippen molar-refractivity contribution in [2.45, 2.75) is 26.7 Å². The van der Waals surface area contributed by atoms with Crippen LogP contribution < -0.4 is 9.80 Å². The lowest BCUT2D eigenvalue weighted by atomic mass is 9.97. The molecule has 6 heteroatoms. The molecule has 6 nitrogen and oxygen atoms in total. The van der Waals surface area contributed by atoms with Gasteiger partial charge >= 0.3 is 0 Å². The second-order valence-electron chi connectivity index (χ2n) is 7.20. The molecule has 0 N–H and O–H groups in total. The van der Waals surface area contributed by atoms with Crippen molar-refractivity contribution in [1.82, 2.24) is 14.9 Å². The lowest BCUT2D eigenvalue weighted by Crippen LogP contribution is -2.48. The van der Waals surface area contributed by atoms with E-state index in [1.54, 1.807) is 11.2 Å². The van der Waals surface area contributed by atoms with Crippen LogP contribution in [0.2, 0.25) is 0 Å². The summed E-state index contributed by atoms with van der Waals surface area (Å²) in [7, 11) is 1.85. The zero-order valence-electron chi connectivity index (χ0n) is 14.4. The molecule has 1 unspecified atom stereocenters. The molecule has 2 aliphatic rings. The standard InChI is InChI=1S/C17H27N5O/c1-13(2)8-14-4-5-21(10-14)15-9-16(19-12-18-15)22-7-6-20(3)17(23)11-22/h9,12-14H,4-8,10-11H2,1-3H3. The molecule has 3 heterocycles. The van der Waals surface area contributed by atoms with Crippen LogP contribution in [0.15, 0.2) is 12.4 Å². The van der Waals surface area contributed by atoms with Gasteiger partial charge in [-0.2, -0.15) is 0 Å². The van der Waals surface area contributed by atoms with Gasteiger partial charge in [0.1, 0.15) is 18.0 Å². The van der Waals surface area contributed by atoms with Crippen molar-refractivity contribution in [2.24, 2.45) is 11.8 Å². The van der Waals surface area contributed by atoms with E-state index in [-0.39, 0.29) is 5.91 Å². The van der Waals surface area contributed by atoms with Gasteiger partial charge in [-0.3, -0.25) is 4.79 Å². The van der Waals surface area contributed by atoms with E-state index in [1.807, 2.05) is 13.1 Å². The van der Waals surface area contributed by atoms with E-state index in [4.69, 9.17) is 0 Å². The molecule has 23 heavy (non-hydrogen) atoms. The van der Waals surface area contributed by atoms with Gasteiger partial charge in [0.2, 0.25) is 5.91 Å². The van der Waals surface area contributed by atoms with Crippen LogP contribution in [0.4, 0.5) is 11.6 Å². The first-order valence-corrected chi connectivity index (χ1v) is 8.59. The molecule has 0 radical (unpaired) electrons. The minimum atomic E-state index is 0.148. The number of likely N-dealkylation sites (N-methyl/N-ethyl adjacent to an activating group) is 1. The normalized spacial score (nSPS) is 22.3. The quantitative estimate of drug-likeness (QED) is 0.845. The Hall–Kier alpha value is -1.85. The number of rotatable bonds is 4. The molecule has 2 fully saturated rings. The van der Waals surface area contributed by atoms with Gasteiger partial charge in [-0.25, -0.2) is 9.97 Å². The Kier molecular flexibility index (Phi) is 4.68. The Morgan fingerprint density at radius 2 is 1.91 bits per heavy atom. The maximum atomic E-state index is 11.9. The number of nitrogens with zero attached hydrogens (tertiary/aromatic N) is 5. The van der Waals surface area contributed by atoms with Crippen LogP contribution in [0.1, 0.15) is 26.7 Å². The largest absolute Gasteiger partial charge is 0.356 e. The molecule has 3 rings (SSSR count). The SMILES string of the molecule is CC(C)CC1CCN(c2cc(N3CCN(C)C(=O)C3)ncn2)C1. The summed E-state index contributed by atoms with van der Waals surface area (Å²) in [6.07, 6.45) is 4.15. The molecule has 0 spiro atoms. The molecule has 0 aromatic carbocycles. The van der Waals surface area contributed by atoms with Gasteiger partial charge in [-0.1, -0.05) is 13.8 Å². The Labute approximate surface area is 138 Å². The molecular formula is C17H27N5O. The first-order chi connectivity index (χ1) is 11.0. The van der Waals surface area contributed by atoms with E-state index in [9.17, 15) is 4.79 Å². The van der Waals surface area contributed by atoms with Crippen molar-refractivity contribution >= 4 is 17.5 Å². The maximum Gasteiger partial charge on any atom is 0.241 e. The van der Waals surface area contributed by atoms with Crippen molar-refractivity contribution in [2.75, 3.05) is 49.6 Å². The van der Waals surface area contributed by atoms with Crippen molar-refractivity contribution < 1.29 is 4.79 Å². The number of amides is 1. The van der Waals surface area contributed by atoms with Crippen LogP contribution in [0.3, 0.4) is 0 Å². The fraction of sp³-hybridized carbons (Fsp3) is 0.706. The summed E-state index contributed by atoms with van der Waals surface area (Å²) in [4.78, 5) is 26.9. The molecule has 1 atom stereocenters. The van der Waals surface area contributed by atoms with Crippen molar-refractivity contribution in [3.8, 4) is 0 Å². The van der Waals surface area contributed by atoms with E-state index in [2.05, 4.69) is 33.6 Å². The second-order valence-corrected chi connectivity index (χ2v) is 7.20. The molecule has 126 valence electrons. The Morgan fingerprint density at radius 1 is 1.17 bits per heavy atom. The number of piperazine rings is 1. The fourth-order valence-corrected chi connectivity index (χ4v) is 3.54. The highest BCUT2D eigenvalue weighted by Crippen LogP contribution is 2.28. The summed E-state index contributed by atoms with van der Waals surface area (Å²) in [6.45, 7) is 8.70. The molecule has 0 saturated carbocycles. The monoisotopic (exact) mass is 317 g/mol. The fourth-order valence-electron chi connectivity index (χ4n) is 3.54. The van der Waals surface area contributed by atoms with Crippen LogP contribution in [0, 0.1) is 11.8 Å². The summed E-state index contributed by atoms with van der Waals surface area (Å²) in [5.41, 5.74) is 0. The van der Waals surface area contributed by atoms with Gasteiger partial charge in [0.05, 0.1) is 6.54 Å². The number of hydrogen-bond acceptors (Lipinski definition) is 5. The zero-order valence-corrected chi connectivity index (χ0v) is 14.4. The van der Waals surface area contributed by atoms with Crippen LogP contribution in [0.25, 0.3) is 0 Å². The first kappa shape index (κ1) is 16.0. The summed E-state index contributed by atoms with van der Waals surface area (Å²) in [5, 5.41) is 0. The predicted molar refractivity (Wildman–Crippen MR) is 91.7 cm³/mol. The van der Waals surface area contributed by atoms with E-state index in [0.717, 1.165) is 49.7 Å². The first-order valence-electron chi connectivity index (χ1n) is 8.59. The lowest BCUT2D eigenvalue weighted by Gasteiger charge is -2.33. The van der Waals surface area contributed by atoms with E-state index in [1.165, 1.54) is 12.8 Å². The summed E-state index contributed by atoms with van der Waals surface area (Å²) in [5.74, 6) is 3.52. The minimum absolute atomic E-state index is 0.148. The third kappa shape index (κ3) is 3.74. The lowest BCUT2D eigenvalue weighted by molar-refractivity contribution is -0.129. The van der Waals surface area contributed by atoms with Crippen LogP contribution >= 0.6 is 0 Å². The van der Waals surface area contributed by atoms with Crippen LogP contribution in [-0.2, 0) is 4.79 Å². The number of aromatic nitrogens is 2. The van der Waals surface area contributed by atoms with E-state index in [0.29, 0.717) is 6.54 Å². The topological polar surface area (TPSA) is 52.6 Å². The van der Waals surface area contributed by atoms with Gasteiger partial charge in [-0.05, 0) is 24.7 Å². The van der Waals surface area contributed by atoms with Crippen molar-refractivity contribution in [3.05, 3.63) is 12.4 Å². The predicted octanol–water partition coefficient (Wildman–Crippen LogP) is 1.63. The molecule has 1 aromatic rings. The summed E-state index contributed by atoms with van der Waals surface area (Å²) < 4.78 is 0. The zero-order chi connectivity index (χ0) is 16.4. The number of carbonyl (C=O) groups excluding carboxylic acids is 1. The van der Waals surface area contributed by atoms with Crippen LogP contribution in [-0.4, -0.2) is 60.5 Å². The summed E-state index contributed by atoms with van der Waals surface area (Å²) in [6, 6.07) is 2.04. The van der Waals surface area contributed by atoms with Gasteiger partial charge in [-0.15, -0.1) is 0 Å². The van der Waals surface area contributed by atoms with Gasteiger partial charge < -0.3 is 14.7 Å². The minimum Gasteiger partial charge on any atom is -0.356 e. The molecule has 1 amide bonds. The number of carbonyl (C=O) groups is 1. The van der Waals surface area contributed by atoms with Gasteiger partial charge in [0, 0.05) is 39.3 Å². The third-order valence-corrected chi connectivity index (χ3v) is 4.83. The number of anilines is 2. The molecule has 0 aliphatic carbocycles. The van der Waals surface area contributed by atoms with Crippen LogP contribution in [0.5, 0.6) is 0 Å². The van der Waals surface area contributed by atoms with Crippen molar-refractivity contribution in [3.63, 3.8) is 0 Å². The van der Waals surface area contributed by atoms with Gasteiger partial charge in [0.15, 0.2) is 0 Å². The second kappa shape index (κ2) is 6.72. The molecule has 0 bridgehead atoms. The maximum absolute atomic E-state index is 11.9. The van der Waals surface area contributed by atoms with Crippen molar-refractivity contribution in [1.29, 1.82) is 0 Å². The molecular weight excluding hydrogens is 290 g/mol. The number of hydrogen-bond donors (Lipinski definition) is 0. The smallest absolute Gasteiger partial charge is 0.241 e. The Morgan fingerprint density at radius 3 is 2.61 bits per heavy atom. The highest BCUT2D eigenvalue weighted by atomic mass is 16.2. The average Bonchev–Trinajstić information content (AvgIpc) is 2.98. The van der Waals surface area contributed by atoms with Gasteiger partial charge in [0.25, 0.3) is 0 Å².